The van der Waals surface area contributed by atoms with Crippen LogP contribution in [0.1, 0.15) is 33.8 Å². The van der Waals surface area contributed by atoms with Crippen molar-refractivity contribution in [3.63, 3.8) is 0 Å². The second-order valence-electron chi connectivity index (χ2n) is 8.77. The number of carboxylic acid groups (broad SMARTS) is 1. The lowest BCUT2D eigenvalue weighted by Gasteiger charge is -2.21. The Bertz CT molecular complexity index is 1780. The van der Waals surface area contributed by atoms with Crippen molar-refractivity contribution in [2.75, 3.05) is 25.7 Å². The largest absolute Gasteiger partial charge is 0.497 e. The summed E-state index contributed by atoms with van der Waals surface area (Å²) in [6.07, 6.45) is 0. The minimum atomic E-state index is -1.29. The molecule has 13 nitrogen and oxygen atoms in total. The van der Waals surface area contributed by atoms with Crippen LogP contribution in [0, 0.1) is 12.7 Å². The number of aromatic nitrogens is 6. The van der Waals surface area contributed by atoms with E-state index in [1.165, 1.54) is 37.4 Å². The summed E-state index contributed by atoms with van der Waals surface area (Å²) in [6, 6.07) is 12.4. The maximum absolute atomic E-state index is 15.8. The second-order valence-corrected chi connectivity index (χ2v) is 8.77. The molecule has 0 amide bonds. The number of nitrogens with zero attached hydrogens (tertiary/aromatic N) is 5. The van der Waals surface area contributed by atoms with Crippen LogP contribution in [0.2, 0.25) is 0 Å². The Hall–Kier alpha value is -5.60. The Kier molecular flexibility index (Phi) is 7.90. The van der Waals surface area contributed by atoms with Crippen molar-refractivity contribution in [2.24, 2.45) is 0 Å². The molecule has 15 heteroatoms. The summed E-state index contributed by atoms with van der Waals surface area (Å²) in [6.45, 7) is 0.425. The Morgan fingerprint density at radius 3 is 2.64 bits per heavy atom. The summed E-state index contributed by atoms with van der Waals surface area (Å²) in [7, 11) is 1.37. The maximum Gasteiger partial charge on any atom is 0.354 e. The lowest BCUT2D eigenvalue weighted by atomic mass is 10.0. The highest BCUT2D eigenvalue weighted by atomic mass is 19.1. The predicted molar refractivity (Wildman–Crippen MR) is 143 cm³/mol. The third-order valence-corrected chi connectivity index (χ3v) is 5.98. The minimum Gasteiger partial charge on any atom is -0.497 e. The monoisotopic (exact) mass is 579 g/mol. The van der Waals surface area contributed by atoms with Crippen LogP contribution < -0.4 is 20.5 Å². The van der Waals surface area contributed by atoms with Crippen molar-refractivity contribution in [1.29, 1.82) is 0 Å². The van der Waals surface area contributed by atoms with Gasteiger partial charge in [-0.1, -0.05) is 11.2 Å². The SMILES string of the molecule is COc1cc(OCCF)c(F)c(C(Nc2ccc(-c3noc(C)n3)cc2)c2nn(-c3cccc(C(=O)O)n3)c(=O)[nH]2)c1. The third-order valence-electron chi connectivity index (χ3n) is 5.98. The molecule has 216 valence electrons. The number of hydrogen-bond donors (Lipinski definition) is 3. The van der Waals surface area contributed by atoms with Crippen molar-refractivity contribution in [1.82, 2.24) is 29.9 Å². The minimum absolute atomic E-state index is 0.0470. The third kappa shape index (κ3) is 5.79. The van der Waals surface area contributed by atoms with Gasteiger partial charge < -0.3 is 24.4 Å². The molecular formula is C27H23F2N7O6. The number of methoxy groups -OCH3 is 1. The summed E-state index contributed by atoms with van der Waals surface area (Å²) in [5.74, 6) is -1.55. The summed E-state index contributed by atoms with van der Waals surface area (Å²) >= 11 is 0. The van der Waals surface area contributed by atoms with Crippen molar-refractivity contribution >= 4 is 11.7 Å². The van der Waals surface area contributed by atoms with Crippen molar-refractivity contribution in [3.05, 3.63) is 93.9 Å². The van der Waals surface area contributed by atoms with Gasteiger partial charge in [-0.3, -0.25) is 4.98 Å². The van der Waals surface area contributed by atoms with Gasteiger partial charge in [0.05, 0.1) is 7.11 Å². The van der Waals surface area contributed by atoms with E-state index in [1.54, 1.807) is 31.2 Å². The summed E-state index contributed by atoms with van der Waals surface area (Å²) in [5.41, 5.74) is 0.0365. The number of H-pyrrole nitrogens is 1. The normalized spacial score (nSPS) is 11.7. The number of alkyl halides is 1. The average Bonchev–Trinajstić information content (AvgIpc) is 3.61. The molecule has 0 fully saturated rings. The predicted octanol–water partition coefficient (Wildman–Crippen LogP) is 3.71. The smallest absolute Gasteiger partial charge is 0.354 e. The maximum atomic E-state index is 15.8. The molecular weight excluding hydrogens is 556 g/mol. The van der Waals surface area contributed by atoms with E-state index in [0.717, 1.165) is 4.68 Å². The molecule has 0 aliphatic rings. The van der Waals surface area contributed by atoms with Crippen molar-refractivity contribution in [3.8, 4) is 28.7 Å². The molecule has 0 radical (unpaired) electrons. The molecule has 2 aromatic carbocycles. The van der Waals surface area contributed by atoms with Crippen LogP contribution in [0.25, 0.3) is 17.2 Å². The molecule has 0 spiro atoms. The van der Waals surface area contributed by atoms with E-state index in [9.17, 15) is 19.1 Å². The van der Waals surface area contributed by atoms with Gasteiger partial charge >= 0.3 is 11.7 Å². The quantitative estimate of drug-likeness (QED) is 0.208. The number of aromatic carboxylic acids is 1. The number of halogens is 2. The summed E-state index contributed by atoms with van der Waals surface area (Å²) in [4.78, 5) is 35.1. The standard InChI is InChI=1S/C27H23F2N7O6/c1-14-30-24(35-42-14)15-6-8-16(9-7-15)31-23(18-12-17(40-2)13-20(22(18)29)41-11-10-28)25-33-27(39)36(34-25)21-5-3-4-19(32-21)26(37)38/h3-9,12-13,23,31H,10-11H2,1-2H3,(H,37,38)(H,33,34,39). The van der Waals surface area contributed by atoms with Crippen LogP contribution in [0.4, 0.5) is 14.5 Å². The molecule has 0 bridgehead atoms. The fourth-order valence-electron chi connectivity index (χ4n) is 4.05. The van der Waals surface area contributed by atoms with E-state index in [4.69, 9.17) is 14.0 Å². The molecule has 0 saturated heterocycles. The lowest BCUT2D eigenvalue weighted by Crippen LogP contribution is -2.18. The molecule has 1 atom stereocenters. The van der Waals surface area contributed by atoms with Gasteiger partial charge in [0, 0.05) is 29.8 Å². The van der Waals surface area contributed by atoms with Crippen LogP contribution in [0.15, 0.2) is 63.9 Å². The van der Waals surface area contributed by atoms with Crippen molar-refractivity contribution in [2.45, 2.75) is 13.0 Å². The number of aromatic amines is 1. The number of hydrogen-bond acceptors (Lipinski definition) is 10. The number of benzene rings is 2. The van der Waals surface area contributed by atoms with Crippen molar-refractivity contribution < 1.29 is 32.7 Å². The number of aryl methyl sites for hydroxylation is 1. The first-order valence-corrected chi connectivity index (χ1v) is 12.4. The number of rotatable bonds is 11. The molecule has 5 aromatic rings. The first kappa shape index (κ1) is 27.9. The van der Waals surface area contributed by atoms with Gasteiger partial charge in [0.1, 0.15) is 25.1 Å². The van der Waals surface area contributed by atoms with Gasteiger partial charge in [-0.25, -0.2) is 23.4 Å². The van der Waals surface area contributed by atoms with E-state index in [2.05, 4.69) is 30.5 Å². The highest BCUT2D eigenvalue weighted by Gasteiger charge is 2.27. The van der Waals surface area contributed by atoms with Crippen LogP contribution in [-0.2, 0) is 0 Å². The highest BCUT2D eigenvalue weighted by molar-refractivity contribution is 5.85. The topological polar surface area (TPSA) is 170 Å². The fraction of sp³-hybridized carbons (Fsp3) is 0.185. The molecule has 0 saturated carbocycles. The molecule has 3 N–H and O–H groups in total. The van der Waals surface area contributed by atoms with Gasteiger partial charge in [0.25, 0.3) is 0 Å². The molecule has 42 heavy (non-hydrogen) atoms. The zero-order valence-corrected chi connectivity index (χ0v) is 22.2. The molecule has 0 aliphatic heterocycles. The zero-order chi connectivity index (χ0) is 29.8. The number of carbonyl (C=O) groups is 1. The summed E-state index contributed by atoms with van der Waals surface area (Å²) in [5, 5.41) is 20.6. The number of anilines is 1. The number of ether oxygens (including phenoxy) is 2. The van der Waals surface area contributed by atoms with E-state index >= 15 is 4.39 Å². The van der Waals surface area contributed by atoms with Gasteiger partial charge in [-0.15, -0.1) is 5.10 Å². The molecule has 0 aliphatic carbocycles. The van der Waals surface area contributed by atoms with E-state index < -0.39 is 36.8 Å². The summed E-state index contributed by atoms with van der Waals surface area (Å²) < 4.78 is 45.1. The fourth-order valence-corrected chi connectivity index (χ4v) is 4.05. The van der Waals surface area contributed by atoms with Gasteiger partial charge in [0.15, 0.2) is 28.9 Å². The Balaban J connectivity index is 1.60. The average molecular weight is 580 g/mol. The van der Waals surface area contributed by atoms with Crippen LogP contribution in [0.5, 0.6) is 11.5 Å². The number of carboxylic acids is 1. The van der Waals surface area contributed by atoms with Crippen LogP contribution in [0.3, 0.4) is 0 Å². The van der Waals surface area contributed by atoms with Gasteiger partial charge in [0.2, 0.25) is 11.7 Å². The van der Waals surface area contributed by atoms with Gasteiger partial charge in [-0.2, -0.15) is 9.67 Å². The molecule has 5 rings (SSSR count). The molecule has 3 aromatic heterocycles. The van der Waals surface area contributed by atoms with Crippen LogP contribution in [-0.4, -0.2) is 61.4 Å². The Morgan fingerprint density at radius 1 is 1.19 bits per heavy atom. The second kappa shape index (κ2) is 11.9. The van der Waals surface area contributed by atoms with Gasteiger partial charge in [-0.05, 0) is 42.5 Å². The number of pyridine rings is 1. The first-order chi connectivity index (χ1) is 20.3. The first-order valence-electron chi connectivity index (χ1n) is 12.4. The van der Waals surface area contributed by atoms with E-state index in [0.29, 0.717) is 23.0 Å². The Morgan fingerprint density at radius 2 is 1.98 bits per heavy atom. The number of nitrogens with one attached hydrogen (secondary N) is 2. The van der Waals surface area contributed by atoms with Crippen LogP contribution >= 0.6 is 0 Å². The zero-order valence-electron chi connectivity index (χ0n) is 22.2. The van der Waals surface area contributed by atoms with E-state index in [-0.39, 0.29) is 34.4 Å². The molecule has 1 unspecified atom stereocenters. The lowest BCUT2D eigenvalue weighted by molar-refractivity contribution is 0.0690. The van der Waals surface area contributed by atoms with E-state index in [1.807, 2.05) is 0 Å². The highest BCUT2D eigenvalue weighted by Crippen LogP contribution is 2.35. The Labute approximate surface area is 235 Å². The molecule has 3 heterocycles.